The monoisotopic (exact) mass is 113 g/mol. The van der Waals surface area contributed by atoms with Crippen LogP contribution in [0, 0.1) is 0 Å². The van der Waals surface area contributed by atoms with Crippen molar-refractivity contribution in [2.24, 2.45) is 0 Å². The normalized spacial score (nSPS) is 12.2. The van der Waals surface area contributed by atoms with Crippen LogP contribution >= 0.6 is 0 Å². The van der Waals surface area contributed by atoms with Crippen molar-refractivity contribution in [3.63, 3.8) is 0 Å². The summed E-state index contributed by atoms with van der Waals surface area (Å²) in [6.45, 7) is 4.79. The molecule has 0 aromatic heterocycles. The van der Waals surface area contributed by atoms with Crippen molar-refractivity contribution in [3.05, 3.63) is 12.7 Å². The van der Waals surface area contributed by atoms with Gasteiger partial charge < -0.3 is 5.32 Å². The van der Waals surface area contributed by atoms with Crippen molar-refractivity contribution in [1.82, 2.24) is 11.1 Å². The van der Waals surface area contributed by atoms with E-state index < -0.39 is 6.17 Å². The molecule has 0 rings (SSSR count). The Kier molecular flexibility index (Phi) is 2.88. The van der Waals surface area contributed by atoms with Gasteiger partial charge in [0.2, 0.25) is 5.91 Å². The van der Waals surface area contributed by atoms with Crippen LogP contribution in [0.5, 0.6) is 0 Å². The van der Waals surface area contributed by atoms with E-state index in [1.165, 1.54) is 0 Å². The molecule has 45 valence electrons. The van der Waals surface area contributed by atoms with Gasteiger partial charge in [-0.1, -0.05) is 6.58 Å². The lowest BCUT2D eigenvalue weighted by atomic mass is 10.5. The molecular weight excluding hydrogens is 104 g/mol. The lowest BCUT2D eigenvalue weighted by molar-refractivity contribution is -0.117. The first-order valence-corrected chi connectivity index (χ1v) is 2.31. The molecule has 3 heteroatoms. The number of nitrogens with one attached hydrogen (secondary N) is 2. The molecule has 3 nitrogen and oxygen atoms in total. The van der Waals surface area contributed by atoms with Crippen molar-refractivity contribution < 1.29 is 4.79 Å². The van der Waals surface area contributed by atoms with Crippen molar-refractivity contribution in [2.45, 2.75) is 13.1 Å². The number of carbonyl (C=O) groups is 1. The average molecular weight is 113 g/mol. The highest BCUT2D eigenvalue weighted by atomic mass is 16.1. The van der Waals surface area contributed by atoms with Crippen molar-refractivity contribution >= 4 is 5.91 Å². The maximum atomic E-state index is 10.3. The third kappa shape index (κ3) is 3.36. The molecule has 0 aliphatic rings. The highest BCUT2D eigenvalue weighted by Gasteiger charge is 1.94. The molecule has 8 heavy (non-hydrogen) atoms. The Morgan fingerprint density at radius 1 is 2.00 bits per heavy atom. The van der Waals surface area contributed by atoms with Gasteiger partial charge in [-0.05, 0) is 13.0 Å². The van der Waals surface area contributed by atoms with Crippen LogP contribution in [0.2, 0.25) is 0 Å². The van der Waals surface area contributed by atoms with Crippen LogP contribution in [-0.4, -0.2) is 12.1 Å². The van der Waals surface area contributed by atoms with E-state index in [-0.39, 0.29) is 5.91 Å². The summed E-state index contributed by atoms with van der Waals surface area (Å²) in [6, 6.07) is 0. The van der Waals surface area contributed by atoms with Gasteiger partial charge in [0.1, 0.15) is 0 Å². The molecule has 0 fully saturated rings. The summed E-state index contributed by atoms with van der Waals surface area (Å²) in [4.78, 5) is 10.3. The lowest BCUT2D eigenvalue weighted by Crippen LogP contribution is -2.31. The second-order valence-corrected chi connectivity index (χ2v) is 1.43. The van der Waals surface area contributed by atoms with Crippen LogP contribution in [-0.2, 0) is 4.79 Å². The molecule has 1 unspecified atom stereocenters. The summed E-state index contributed by atoms with van der Waals surface area (Å²) < 4.78 is 0. The third-order valence-electron chi connectivity index (χ3n) is 0.544. The van der Waals surface area contributed by atoms with Gasteiger partial charge in [-0.25, -0.2) is 5.73 Å². The molecule has 2 N–H and O–H groups in total. The largest absolute Gasteiger partial charge is 0.336 e. The van der Waals surface area contributed by atoms with E-state index in [4.69, 9.17) is 5.73 Å². The fraction of sp³-hybridized carbons (Fsp3) is 0.400. The van der Waals surface area contributed by atoms with Crippen LogP contribution in [0.4, 0.5) is 0 Å². The van der Waals surface area contributed by atoms with E-state index in [9.17, 15) is 4.79 Å². The molecule has 0 aromatic carbocycles. The molecule has 0 spiro atoms. The predicted molar refractivity (Wildman–Crippen MR) is 30.9 cm³/mol. The first-order valence-electron chi connectivity index (χ1n) is 2.31. The summed E-state index contributed by atoms with van der Waals surface area (Å²) in [5, 5.41) is 2.30. The van der Waals surface area contributed by atoms with Gasteiger partial charge in [0.25, 0.3) is 0 Å². The van der Waals surface area contributed by atoms with Gasteiger partial charge in [-0.2, -0.15) is 0 Å². The number of amides is 1. The van der Waals surface area contributed by atoms with E-state index >= 15 is 0 Å². The van der Waals surface area contributed by atoms with Crippen molar-refractivity contribution in [3.8, 4) is 0 Å². The van der Waals surface area contributed by atoms with Crippen LogP contribution in [0.25, 0.3) is 0 Å². The van der Waals surface area contributed by atoms with Crippen LogP contribution in [0.15, 0.2) is 12.7 Å². The Hall–Kier alpha value is -0.830. The summed E-state index contributed by atoms with van der Waals surface area (Å²) in [7, 11) is 0. The topological polar surface area (TPSA) is 52.9 Å². The van der Waals surface area contributed by atoms with Gasteiger partial charge in [-0.15, -0.1) is 0 Å². The number of hydrogen-bond donors (Lipinski definition) is 1. The predicted octanol–water partition coefficient (Wildman–Crippen LogP) is -0.0825. The Morgan fingerprint density at radius 3 is 2.62 bits per heavy atom. The highest BCUT2D eigenvalue weighted by molar-refractivity contribution is 5.86. The summed E-state index contributed by atoms with van der Waals surface area (Å²) >= 11 is 0. The Labute approximate surface area is 48.6 Å². The fourth-order valence-electron chi connectivity index (χ4n) is 0.272. The minimum atomic E-state index is -0.541. The number of rotatable bonds is 2. The van der Waals surface area contributed by atoms with E-state index in [1.807, 2.05) is 0 Å². The molecule has 0 saturated carbocycles. The van der Waals surface area contributed by atoms with E-state index in [0.717, 1.165) is 6.08 Å². The lowest BCUT2D eigenvalue weighted by Gasteiger charge is -2.01. The zero-order chi connectivity index (χ0) is 6.57. The van der Waals surface area contributed by atoms with Crippen molar-refractivity contribution in [1.29, 1.82) is 0 Å². The smallest absolute Gasteiger partial charge is 0.244 e. The van der Waals surface area contributed by atoms with Gasteiger partial charge in [0.15, 0.2) is 0 Å². The third-order valence-corrected chi connectivity index (χ3v) is 0.544. The Balaban J connectivity index is 3.39. The summed E-state index contributed by atoms with van der Waals surface area (Å²) in [5.41, 5.74) is 6.83. The van der Waals surface area contributed by atoms with Crippen LogP contribution < -0.4 is 11.1 Å². The second kappa shape index (κ2) is 3.21. The summed E-state index contributed by atoms with van der Waals surface area (Å²) in [5.74, 6) is -0.299. The van der Waals surface area contributed by atoms with Gasteiger partial charge in [0, 0.05) is 0 Å². The zero-order valence-electron chi connectivity index (χ0n) is 4.77. The molecule has 1 atom stereocenters. The Bertz CT molecular complexity index is 98.6. The molecule has 0 aliphatic carbocycles. The zero-order valence-corrected chi connectivity index (χ0v) is 4.77. The molecule has 0 bridgehead atoms. The van der Waals surface area contributed by atoms with Crippen LogP contribution in [0.3, 0.4) is 0 Å². The van der Waals surface area contributed by atoms with Crippen LogP contribution in [0.1, 0.15) is 6.92 Å². The first-order chi connectivity index (χ1) is 3.66. The fourth-order valence-corrected chi connectivity index (χ4v) is 0.272. The van der Waals surface area contributed by atoms with Gasteiger partial charge >= 0.3 is 0 Å². The SMILES string of the molecule is C=CC(=O)NC(C)[NH]. The average Bonchev–Trinajstić information content (AvgIpc) is 1.65. The first kappa shape index (κ1) is 7.17. The molecule has 0 heterocycles. The standard InChI is InChI=1S/C5H9N2O/c1-3-5(8)7-4(2)6/h3-4,6H,1H2,2H3,(H,7,8). The van der Waals surface area contributed by atoms with Gasteiger partial charge in [-0.3, -0.25) is 4.79 Å². The van der Waals surface area contributed by atoms with E-state index in [0.29, 0.717) is 0 Å². The second-order valence-electron chi connectivity index (χ2n) is 1.43. The van der Waals surface area contributed by atoms with E-state index in [2.05, 4.69) is 11.9 Å². The van der Waals surface area contributed by atoms with E-state index in [1.54, 1.807) is 6.92 Å². The Morgan fingerprint density at radius 2 is 2.50 bits per heavy atom. The summed E-state index contributed by atoms with van der Waals surface area (Å²) in [6.07, 6.45) is 0.603. The molecule has 0 saturated heterocycles. The quantitative estimate of drug-likeness (QED) is 0.500. The molecule has 1 radical (unpaired) electrons. The molecule has 1 amide bonds. The highest BCUT2D eigenvalue weighted by Crippen LogP contribution is 1.70. The molecule has 0 aromatic rings. The van der Waals surface area contributed by atoms with Crippen molar-refractivity contribution in [2.75, 3.05) is 0 Å². The number of hydrogen-bond acceptors (Lipinski definition) is 1. The number of carbonyl (C=O) groups excluding carboxylic acids is 1. The maximum Gasteiger partial charge on any atom is 0.244 e. The minimum Gasteiger partial charge on any atom is -0.336 e. The minimum absolute atomic E-state index is 0.299. The van der Waals surface area contributed by atoms with Gasteiger partial charge in [0.05, 0.1) is 6.17 Å². The molecular formula is C5H9N2O. The molecule has 0 aliphatic heterocycles. The maximum absolute atomic E-state index is 10.3.